The number of carbonyl (C=O) groups is 2. The molecule has 2 N–H and O–H groups in total. The Bertz CT molecular complexity index is 1370. The number of ether oxygens (including phenoxy) is 1. The summed E-state index contributed by atoms with van der Waals surface area (Å²) >= 11 is 6.20. The number of anilines is 1. The highest BCUT2D eigenvalue weighted by molar-refractivity contribution is 6.33. The minimum Gasteiger partial charge on any atom is -0.618 e. The number of pyridine rings is 1. The maximum absolute atomic E-state index is 15.1. The number of halogens is 4. The number of rotatable bonds is 8. The van der Waals surface area contributed by atoms with E-state index in [2.05, 4.69) is 15.8 Å². The van der Waals surface area contributed by atoms with E-state index in [9.17, 15) is 23.6 Å². The zero-order chi connectivity index (χ0) is 28.3. The molecule has 1 aliphatic rings. The lowest BCUT2D eigenvalue weighted by Gasteiger charge is -2.33. The van der Waals surface area contributed by atoms with Crippen LogP contribution in [0.4, 0.5) is 18.9 Å². The van der Waals surface area contributed by atoms with Crippen molar-refractivity contribution in [3.05, 3.63) is 69.7 Å². The lowest BCUT2D eigenvalue weighted by molar-refractivity contribution is -0.611. The predicted octanol–water partition coefficient (Wildman–Crippen LogP) is 4.78. The first kappa shape index (κ1) is 28.4. The number of benzene rings is 1. The van der Waals surface area contributed by atoms with Crippen LogP contribution in [0.25, 0.3) is 11.1 Å². The van der Waals surface area contributed by atoms with Crippen LogP contribution in [0.1, 0.15) is 47.4 Å². The number of hydrogen-bond donors (Lipinski definition) is 2. The molecule has 1 aromatic carbocycles. The van der Waals surface area contributed by atoms with Gasteiger partial charge in [-0.25, -0.2) is 13.2 Å². The van der Waals surface area contributed by atoms with E-state index in [1.807, 2.05) is 0 Å². The van der Waals surface area contributed by atoms with Crippen LogP contribution >= 0.6 is 11.6 Å². The number of aromatic nitrogens is 2. The molecule has 2 heterocycles. The monoisotopic (exact) mass is 566 g/mol. The van der Waals surface area contributed by atoms with Crippen LogP contribution in [-0.2, 0) is 16.1 Å². The highest BCUT2D eigenvalue weighted by atomic mass is 35.5. The van der Waals surface area contributed by atoms with Crippen molar-refractivity contribution in [2.24, 2.45) is 5.92 Å². The Kier molecular flexibility index (Phi) is 8.45. The summed E-state index contributed by atoms with van der Waals surface area (Å²) in [6.07, 6.45) is 1.44. The van der Waals surface area contributed by atoms with Crippen LogP contribution in [0.5, 0.6) is 0 Å². The molecule has 208 valence electrons. The summed E-state index contributed by atoms with van der Waals surface area (Å²) in [6.45, 7) is 1.48. The Hall–Kier alpha value is -3.64. The molecule has 9 nitrogen and oxygen atoms in total. The summed E-state index contributed by atoms with van der Waals surface area (Å²) in [5.41, 5.74) is 0.757. The Morgan fingerprint density at radius 3 is 2.69 bits per heavy atom. The maximum Gasteiger partial charge on any atom is 0.257 e. The van der Waals surface area contributed by atoms with Crippen molar-refractivity contribution in [2.45, 2.75) is 51.2 Å². The van der Waals surface area contributed by atoms with Crippen molar-refractivity contribution in [2.75, 3.05) is 12.4 Å². The number of nitrogens with zero attached hydrogens (tertiary/aromatic N) is 2. The first-order valence-corrected chi connectivity index (χ1v) is 12.5. The minimum atomic E-state index is -2.85. The van der Waals surface area contributed by atoms with E-state index in [0.29, 0.717) is 4.73 Å². The van der Waals surface area contributed by atoms with Gasteiger partial charge in [-0.1, -0.05) is 16.8 Å². The van der Waals surface area contributed by atoms with Gasteiger partial charge in [0.05, 0.1) is 17.2 Å². The van der Waals surface area contributed by atoms with Gasteiger partial charge < -0.3 is 25.1 Å². The Morgan fingerprint density at radius 1 is 1.31 bits per heavy atom. The second kappa shape index (κ2) is 11.6. The van der Waals surface area contributed by atoms with Gasteiger partial charge in [0.15, 0.2) is 11.9 Å². The third-order valence-corrected chi connectivity index (χ3v) is 7.08. The van der Waals surface area contributed by atoms with Crippen LogP contribution in [0.2, 0.25) is 5.02 Å². The molecule has 3 aromatic rings. The second-order valence-electron chi connectivity index (χ2n) is 9.39. The van der Waals surface area contributed by atoms with Crippen LogP contribution in [0.15, 0.2) is 41.2 Å². The van der Waals surface area contributed by atoms with Crippen molar-refractivity contribution >= 4 is 29.1 Å². The van der Waals surface area contributed by atoms with Gasteiger partial charge in [0, 0.05) is 44.2 Å². The zero-order valence-electron chi connectivity index (χ0n) is 21.1. The molecule has 2 aromatic heterocycles. The van der Waals surface area contributed by atoms with Gasteiger partial charge in [0.25, 0.3) is 5.91 Å². The van der Waals surface area contributed by atoms with Gasteiger partial charge >= 0.3 is 0 Å². The molecule has 0 unspecified atom stereocenters. The van der Waals surface area contributed by atoms with Crippen molar-refractivity contribution < 1.29 is 36.8 Å². The van der Waals surface area contributed by atoms with E-state index >= 15 is 4.39 Å². The largest absolute Gasteiger partial charge is 0.618 e. The molecule has 1 atom stereocenters. The lowest BCUT2D eigenvalue weighted by Crippen LogP contribution is -2.50. The fourth-order valence-corrected chi connectivity index (χ4v) is 4.94. The maximum atomic E-state index is 15.1. The number of hydrogen-bond acceptors (Lipinski definition) is 6. The number of alkyl halides is 2. The smallest absolute Gasteiger partial charge is 0.257 e. The molecule has 1 saturated carbocycles. The van der Waals surface area contributed by atoms with E-state index < -0.39 is 48.4 Å². The molecule has 0 aliphatic heterocycles. The minimum absolute atomic E-state index is 0.00574. The molecule has 4 rings (SSSR count). The topological polar surface area (TPSA) is 120 Å². The Labute approximate surface area is 226 Å². The van der Waals surface area contributed by atoms with E-state index in [1.165, 1.54) is 38.4 Å². The second-order valence-corrected chi connectivity index (χ2v) is 9.79. The van der Waals surface area contributed by atoms with Crippen LogP contribution in [0, 0.1) is 23.9 Å². The quantitative estimate of drug-likeness (QED) is 0.299. The normalized spacial score (nSPS) is 16.1. The van der Waals surface area contributed by atoms with Crippen molar-refractivity contribution in [1.82, 2.24) is 10.5 Å². The highest BCUT2D eigenvalue weighted by Gasteiger charge is 2.40. The van der Waals surface area contributed by atoms with Crippen LogP contribution in [0.3, 0.4) is 0 Å². The fourth-order valence-electron chi connectivity index (χ4n) is 4.65. The molecular formula is C26H26ClF3N4O5. The molecule has 2 amide bonds. The van der Waals surface area contributed by atoms with Gasteiger partial charge in [-0.2, -0.15) is 4.73 Å². The molecule has 0 radical (unpaired) electrons. The van der Waals surface area contributed by atoms with Crippen LogP contribution in [-0.4, -0.2) is 36.0 Å². The summed E-state index contributed by atoms with van der Waals surface area (Å²) in [6, 6.07) is 3.98. The number of amides is 2. The van der Waals surface area contributed by atoms with Crippen molar-refractivity contribution in [1.29, 1.82) is 0 Å². The summed E-state index contributed by atoms with van der Waals surface area (Å²) in [5, 5.41) is 21.0. The van der Waals surface area contributed by atoms with Gasteiger partial charge in [-0.15, -0.1) is 0 Å². The Balaban J connectivity index is 1.58. The first-order chi connectivity index (χ1) is 18.5. The average Bonchev–Trinajstić information content (AvgIpc) is 3.35. The third-order valence-electron chi connectivity index (χ3n) is 6.77. The molecule has 1 fully saturated rings. The zero-order valence-corrected chi connectivity index (χ0v) is 21.9. The van der Waals surface area contributed by atoms with Crippen molar-refractivity contribution in [3.8, 4) is 11.1 Å². The van der Waals surface area contributed by atoms with E-state index in [1.54, 1.807) is 0 Å². The van der Waals surface area contributed by atoms with Gasteiger partial charge in [0.1, 0.15) is 29.4 Å². The lowest BCUT2D eigenvalue weighted by atomic mass is 9.81. The molecular weight excluding hydrogens is 541 g/mol. The van der Waals surface area contributed by atoms with Gasteiger partial charge in [0.2, 0.25) is 11.8 Å². The molecule has 1 aliphatic carbocycles. The van der Waals surface area contributed by atoms with Gasteiger partial charge in [-0.05, 0) is 37.0 Å². The van der Waals surface area contributed by atoms with Crippen LogP contribution < -0.4 is 15.4 Å². The molecule has 39 heavy (non-hydrogen) atoms. The first-order valence-electron chi connectivity index (χ1n) is 12.1. The summed E-state index contributed by atoms with van der Waals surface area (Å²) in [4.78, 5) is 26.3. The predicted molar refractivity (Wildman–Crippen MR) is 135 cm³/mol. The number of nitrogens with one attached hydrogen (secondary N) is 2. The van der Waals surface area contributed by atoms with Gasteiger partial charge in [-0.3, -0.25) is 9.59 Å². The van der Waals surface area contributed by atoms with E-state index in [4.69, 9.17) is 20.9 Å². The van der Waals surface area contributed by atoms with E-state index in [-0.39, 0.29) is 58.2 Å². The third kappa shape index (κ3) is 6.34. The molecule has 0 saturated heterocycles. The summed E-state index contributed by atoms with van der Waals surface area (Å²) < 4.78 is 53.2. The molecule has 13 heteroatoms. The van der Waals surface area contributed by atoms with E-state index in [0.717, 1.165) is 12.3 Å². The summed E-state index contributed by atoms with van der Waals surface area (Å²) in [7, 11) is 1.41. The SMILES string of the molecule is COCc1nocc1C(=O)N[C@@H](C(=O)Nc1ccc(-c2c(Cl)cc[n+]([O-])c2C)c(F)c1)C1CCC(F)(F)CC1. The number of methoxy groups -OCH3 is 1. The van der Waals surface area contributed by atoms with Crippen molar-refractivity contribution in [3.63, 3.8) is 0 Å². The number of carbonyl (C=O) groups excluding carboxylic acids is 2. The highest BCUT2D eigenvalue weighted by Crippen LogP contribution is 2.38. The standard InChI is InChI=1S/C26H26ClF3N4O5/c1-14-22(19(27)7-10-34(14)37)17-4-3-16(11-20(17)28)31-25(36)23(15-5-8-26(29,30)9-6-15)32-24(35)18-12-39-33-21(18)13-38-2/h3-4,7,10-12,15,23H,5-6,8-9,13H2,1-2H3,(H,31,36)(H,32,35)/t23-/m1/s1. The Morgan fingerprint density at radius 2 is 2.03 bits per heavy atom. The fraction of sp³-hybridized carbons (Fsp3) is 0.385. The molecule has 0 bridgehead atoms. The average molecular weight is 567 g/mol. The molecule has 0 spiro atoms. The summed E-state index contributed by atoms with van der Waals surface area (Å²) in [5.74, 6) is -5.60.